The third kappa shape index (κ3) is 2.99. The zero-order valence-corrected chi connectivity index (χ0v) is 11.7. The predicted octanol–water partition coefficient (Wildman–Crippen LogP) is 2.31. The first kappa shape index (κ1) is 12.7. The highest BCUT2D eigenvalue weighted by molar-refractivity contribution is 5.77. The molecule has 1 aromatic rings. The average molecular weight is 261 g/mol. The summed E-state index contributed by atoms with van der Waals surface area (Å²) in [6.45, 7) is 4.01. The molecule has 19 heavy (non-hydrogen) atoms. The van der Waals surface area contributed by atoms with Crippen molar-refractivity contribution < 1.29 is 4.79 Å². The van der Waals surface area contributed by atoms with Gasteiger partial charge in [-0.1, -0.05) is 6.92 Å². The predicted molar refractivity (Wildman–Crippen MR) is 73.5 cm³/mol. The zero-order valence-electron chi connectivity index (χ0n) is 11.7. The smallest absolute Gasteiger partial charge is 0.223 e. The Balaban J connectivity index is 1.57. The number of hydrogen-bond donors (Lipinski definition) is 0. The van der Waals surface area contributed by atoms with Crippen LogP contribution in [-0.4, -0.2) is 33.2 Å². The molecule has 0 aromatic carbocycles. The van der Waals surface area contributed by atoms with Crippen LogP contribution in [0, 0.1) is 11.8 Å². The molecular formula is C15H23N3O. The second-order valence-electron chi connectivity index (χ2n) is 6.13. The molecule has 1 aliphatic heterocycles. The number of rotatable bonds is 5. The van der Waals surface area contributed by atoms with E-state index in [1.807, 2.05) is 16.9 Å². The van der Waals surface area contributed by atoms with Gasteiger partial charge in [-0.15, -0.1) is 0 Å². The molecule has 1 saturated heterocycles. The summed E-state index contributed by atoms with van der Waals surface area (Å²) in [4.78, 5) is 14.5. The molecule has 4 nitrogen and oxygen atoms in total. The van der Waals surface area contributed by atoms with Crippen molar-refractivity contribution in [2.24, 2.45) is 11.8 Å². The molecule has 0 unspecified atom stereocenters. The number of carbonyl (C=O) groups is 1. The molecule has 1 saturated carbocycles. The Morgan fingerprint density at radius 1 is 1.42 bits per heavy atom. The second-order valence-corrected chi connectivity index (χ2v) is 6.13. The van der Waals surface area contributed by atoms with Gasteiger partial charge < -0.3 is 4.90 Å². The van der Waals surface area contributed by atoms with E-state index in [4.69, 9.17) is 0 Å². The molecule has 104 valence electrons. The van der Waals surface area contributed by atoms with E-state index in [0.29, 0.717) is 17.9 Å². The van der Waals surface area contributed by atoms with E-state index in [1.54, 1.807) is 6.20 Å². The lowest BCUT2D eigenvalue weighted by Crippen LogP contribution is -2.38. The van der Waals surface area contributed by atoms with Crippen LogP contribution in [0.25, 0.3) is 0 Å². The number of aromatic nitrogens is 2. The van der Waals surface area contributed by atoms with E-state index in [-0.39, 0.29) is 0 Å². The Labute approximate surface area is 114 Å². The van der Waals surface area contributed by atoms with Gasteiger partial charge in [0.1, 0.15) is 0 Å². The van der Waals surface area contributed by atoms with Crippen LogP contribution >= 0.6 is 0 Å². The highest BCUT2D eigenvalue weighted by Crippen LogP contribution is 2.38. The molecule has 1 amide bonds. The second kappa shape index (κ2) is 5.35. The molecule has 3 rings (SSSR count). The van der Waals surface area contributed by atoms with Gasteiger partial charge in [-0.2, -0.15) is 5.10 Å². The topological polar surface area (TPSA) is 38.1 Å². The minimum absolute atomic E-state index is 0.346. The van der Waals surface area contributed by atoms with E-state index < -0.39 is 0 Å². The first-order valence-corrected chi connectivity index (χ1v) is 7.51. The van der Waals surface area contributed by atoms with Gasteiger partial charge in [0.2, 0.25) is 5.91 Å². The van der Waals surface area contributed by atoms with Crippen molar-refractivity contribution >= 4 is 5.91 Å². The number of likely N-dealkylation sites (tertiary alicyclic amines) is 1. The fourth-order valence-electron chi connectivity index (χ4n) is 3.20. The van der Waals surface area contributed by atoms with Crippen molar-refractivity contribution in [2.75, 3.05) is 6.54 Å². The summed E-state index contributed by atoms with van der Waals surface area (Å²) in [5.74, 6) is 1.74. The Hall–Kier alpha value is -1.32. The van der Waals surface area contributed by atoms with Crippen molar-refractivity contribution in [1.82, 2.24) is 14.7 Å². The normalized spacial score (nSPS) is 24.7. The van der Waals surface area contributed by atoms with E-state index in [2.05, 4.69) is 16.9 Å². The molecule has 2 aliphatic rings. The lowest BCUT2D eigenvalue weighted by molar-refractivity contribution is -0.133. The summed E-state index contributed by atoms with van der Waals surface area (Å²) < 4.78 is 1.95. The van der Waals surface area contributed by atoms with Gasteiger partial charge in [0.25, 0.3) is 0 Å². The first-order chi connectivity index (χ1) is 9.24. The molecule has 4 heteroatoms. The molecular weight excluding hydrogens is 238 g/mol. The van der Waals surface area contributed by atoms with E-state index in [0.717, 1.165) is 38.3 Å². The largest absolute Gasteiger partial charge is 0.338 e. The molecule has 0 spiro atoms. The van der Waals surface area contributed by atoms with E-state index >= 15 is 0 Å². The Bertz CT molecular complexity index is 425. The first-order valence-electron chi connectivity index (χ1n) is 7.51. The van der Waals surface area contributed by atoms with Gasteiger partial charge in [-0.25, -0.2) is 0 Å². The average Bonchev–Trinajstić information content (AvgIpc) is 2.93. The summed E-state index contributed by atoms with van der Waals surface area (Å²) in [5.41, 5.74) is 0. The van der Waals surface area contributed by atoms with Crippen molar-refractivity contribution in [1.29, 1.82) is 0 Å². The standard InChI is InChI=1S/C15H23N3O/c1-12(13-5-6-13)10-15(19)18-9-2-4-14(18)11-17-8-3-7-16-17/h3,7-8,12-14H,2,4-6,9-11H2,1H3/t12-,14-/m1/s1. The fourth-order valence-corrected chi connectivity index (χ4v) is 3.20. The maximum atomic E-state index is 12.4. The Morgan fingerprint density at radius 3 is 2.95 bits per heavy atom. The lowest BCUT2D eigenvalue weighted by Gasteiger charge is -2.26. The molecule has 0 radical (unpaired) electrons. The van der Waals surface area contributed by atoms with Crippen LogP contribution in [0.2, 0.25) is 0 Å². The summed E-state index contributed by atoms with van der Waals surface area (Å²) in [6.07, 6.45) is 9.42. The van der Waals surface area contributed by atoms with Crippen molar-refractivity contribution in [2.45, 2.75) is 51.6 Å². The minimum Gasteiger partial charge on any atom is -0.338 e. The van der Waals surface area contributed by atoms with E-state index in [1.165, 1.54) is 12.8 Å². The van der Waals surface area contributed by atoms with Crippen molar-refractivity contribution in [3.05, 3.63) is 18.5 Å². The van der Waals surface area contributed by atoms with Crippen LogP contribution in [0.1, 0.15) is 39.0 Å². The van der Waals surface area contributed by atoms with Crippen LogP contribution in [0.4, 0.5) is 0 Å². The summed E-state index contributed by atoms with van der Waals surface area (Å²) >= 11 is 0. The van der Waals surface area contributed by atoms with Crippen molar-refractivity contribution in [3.63, 3.8) is 0 Å². The van der Waals surface area contributed by atoms with Gasteiger partial charge in [-0.3, -0.25) is 9.48 Å². The third-order valence-corrected chi connectivity index (χ3v) is 4.58. The van der Waals surface area contributed by atoms with Crippen LogP contribution in [-0.2, 0) is 11.3 Å². The van der Waals surface area contributed by atoms with Crippen LogP contribution < -0.4 is 0 Å². The van der Waals surface area contributed by atoms with Crippen LogP contribution in [0.3, 0.4) is 0 Å². The SMILES string of the molecule is C[C@H](CC(=O)N1CCC[C@@H]1Cn1cccn1)C1CC1. The number of nitrogens with zero attached hydrogens (tertiary/aromatic N) is 3. The molecule has 0 bridgehead atoms. The third-order valence-electron chi connectivity index (χ3n) is 4.58. The lowest BCUT2D eigenvalue weighted by atomic mass is 10.0. The molecule has 2 atom stereocenters. The summed E-state index contributed by atoms with van der Waals surface area (Å²) in [7, 11) is 0. The summed E-state index contributed by atoms with van der Waals surface area (Å²) in [5, 5.41) is 4.25. The van der Waals surface area contributed by atoms with Gasteiger partial charge in [0, 0.05) is 25.4 Å². The van der Waals surface area contributed by atoms with Gasteiger partial charge in [0.15, 0.2) is 0 Å². The van der Waals surface area contributed by atoms with Crippen LogP contribution in [0.5, 0.6) is 0 Å². The number of hydrogen-bond acceptors (Lipinski definition) is 2. The van der Waals surface area contributed by atoms with Crippen molar-refractivity contribution in [3.8, 4) is 0 Å². The maximum Gasteiger partial charge on any atom is 0.223 e. The molecule has 1 aromatic heterocycles. The van der Waals surface area contributed by atoms with Gasteiger partial charge >= 0.3 is 0 Å². The maximum absolute atomic E-state index is 12.4. The highest BCUT2D eigenvalue weighted by Gasteiger charge is 2.33. The molecule has 2 heterocycles. The van der Waals surface area contributed by atoms with E-state index in [9.17, 15) is 4.79 Å². The Morgan fingerprint density at radius 2 is 2.26 bits per heavy atom. The molecule has 2 fully saturated rings. The van der Waals surface area contributed by atoms with Crippen LogP contribution in [0.15, 0.2) is 18.5 Å². The fraction of sp³-hybridized carbons (Fsp3) is 0.733. The number of amides is 1. The monoisotopic (exact) mass is 261 g/mol. The summed E-state index contributed by atoms with van der Waals surface area (Å²) in [6, 6.07) is 2.29. The minimum atomic E-state index is 0.346. The zero-order chi connectivity index (χ0) is 13.2. The Kier molecular flexibility index (Phi) is 3.58. The van der Waals surface area contributed by atoms with Gasteiger partial charge in [0.05, 0.1) is 12.6 Å². The molecule has 0 N–H and O–H groups in total. The quantitative estimate of drug-likeness (QED) is 0.815. The molecule has 1 aliphatic carbocycles. The van der Waals surface area contributed by atoms with Gasteiger partial charge in [-0.05, 0) is 43.6 Å². The number of carbonyl (C=O) groups excluding carboxylic acids is 1. The highest BCUT2D eigenvalue weighted by atomic mass is 16.2.